The monoisotopic (exact) mass is 381 g/mol. The van der Waals surface area contributed by atoms with Crippen molar-refractivity contribution in [1.82, 2.24) is 4.90 Å². The molecule has 1 heterocycles. The van der Waals surface area contributed by atoms with Crippen LogP contribution < -0.4 is 0 Å². The summed E-state index contributed by atoms with van der Waals surface area (Å²) in [7, 11) is 0. The molecule has 0 amide bonds. The molecule has 3 nitrogen and oxygen atoms in total. The molecule has 4 heteroatoms. The van der Waals surface area contributed by atoms with Gasteiger partial charge in [0, 0.05) is 29.4 Å². The summed E-state index contributed by atoms with van der Waals surface area (Å²) >= 11 is 1.81. The van der Waals surface area contributed by atoms with Crippen LogP contribution in [-0.4, -0.2) is 29.3 Å². The first kappa shape index (κ1) is 19.8. The zero-order valence-corrected chi connectivity index (χ0v) is 16.6. The molecule has 0 saturated carbocycles. The average molecular weight is 382 g/mol. The lowest BCUT2D eigenvalue weighted by molar-refractivity contribution is 0.00729. The van der Waals surface area contributed by atoms with E-state index in [1.54, 1.807) is 0 Å². The van der Waals surface area contributed by atoms with E-state index < -0.39 is 6.10 Å². The van der Waals surface area contributed by atoms with Crippen molar-refractivity contribution in [3.05, 3.63) is 93.7 Å². The number of aryl methyl sites for hydroxylation is 1. The van der Waals surface area contributed by atoms with E-state index in [1.165, 1.54) is 15.3 Å². The van der Waals surface area contributed by atoms with Crippen molar-refractivity contribution in [2.24, 2.45) is 0 Å². The number of benzene rings is 2. The molecule has 0 aliphatic carbocycles. The van der Waals surface area contributed by atoms with Gasteiger partial charge in [-0.3, -0.25) is 4.90 Å². The molecule has 0 bridgehead atoms. The number of rotatable bonds is 10. The van der Waals surface area contributed by atoms with Crippen LogP contribution in [-0.2, 0) is 24.4 Å². The van der Waals surface area contributed by atoms with Gasteiger partial charge < -0.3 is 9.84 Å². The molecule has 0 aliphatic heterocycles. The molecule has 1 aromatic heterocycles. The minimum atomic E-state index is -0.515. The number of thiophene rings is 1. The molecule has 27 heavy (non-hydrogen) atoms. The largest absolute Gasteiger partial charge is 0.389 e. The Kier molecular flexibility index (Phi) is 7.60. The fourth-order valence-electron chi connectivity index (χ4n) is 3.05. The first-order valence-electron chi connectivity index (χ1n) is 9.30. The predicted octanol–water partition coefficient (Wildman–Crippen LogP) is 4.64. The summed E-state index contributed by atoms with van der Waals surface area (Å²) in [5.41, 5.74) is 2.38. The molecule has 0 spiro atoms. The van der Waals surface area contributed by atoms with Gasteiger partial charge in [-0.1, -0.05) is 60.7 Å². The summed E-state index contributed by atoms with van der Waals surface area (Å²) in [5.74, 6) is 0. The summed E-state index contributed by atoms with van der Waals surface area (Å²) in [5, 5.41) is 10.5. The summed E-state index contributed by atoms with van der Waals surface area (Å²) in [4.78, 5) is 4.93. The first-order chi connectivity index (χ1) is 13.2. The predicted molar refractivity (Wildman–Crippen MR) is 112 cm³/mol. The van der Waals surface area contributed by atoms with Gasteiger partial charge in [0.25, 0.3) is 0 Å². The van der Waals surface area contributed by atoms with Crippen LogP contribution in [0, 0.1) is 6.92 Å². The van der Waals surface area contributed by atoms with E-state index in [-0.39, 0.29) is 0 Å². The summed E-state index contributed by atoms with van der Waals surface area (Å²) < 4.78 is 5.71. The van der Waals surface area contributed by atoms with Gasteiger partial charge >= 0.3 is 0 Å². The molecule has 0 saturated heterocycles. The molecule has 1 atom stereocenters. The zero-order valence-electron chi connectivity index (χ0n) is 15.8. The van der Waals surface area contributed by atoms with E-state index in [1.807, 2.05) is 47.7 Å². The molecule has 0 aliphatic rings. The van der Waals surface area contributed by atoms with Crippen LogP contribution in [0.15, 0.2) is 72.8 Å². The molecule has 1 N–H and O–H groups in total. The Morgan fingerprint density at radius 3 is 2.19 bits per heavy atom. The van der Waals surface area contributed by atoms with Crippen molar-refractivity contribution in [2.45, 2.75) is 32.7 Å². The van der Waals surface area contributed by atoms with E-state index in [2.05, 4.69) is 48.2 Å². The van der Waals surface area contributed by atoms with E-state index in [4.69, 9.17) is 4.74 Å². The molecule has 3 rings (SSSR count). The van der Waals surface area contributed by atoms with Crippen LogP contribution in [0.3, 0.4) is 0 Å². The lowest BCUT2D eigenvalue weighted by atomic mass is 10.2. The smallest absolute Gasteiger partial charge is 0.0900 e. The molecule has 2 aromatic carbocycles. The number of aliphatic hydroxyl groups excluding tert-OH is 1. The highest BCUT2D eigenvalue weighted by Crippen LogP contribution is 2.19. The first-order valence-corrected chi connectivity index (χ1v) is 10.1. The van der Waals surface area contributed by atoms with Gasteiger partial charge in [-0.2, -0.15) is 0 Å². The van der Waals surface area contributed by atoms with E-state index in [0.29, 0.717) is 19.8 Å². The van der Waals surface area contributed by atoms with Crippen LogP contribution >= 0.6 is 11.3 Å². The van der Waals surface area contributed by atoms with Crippen molar-refractivity contribution >= 4 is 11.3 Å². The van der Waals surface area contributed by atoms with Crippen LogP contribution in [0.2, 0.25) is 0 Å². The lowest BCUT2D eigenvalue weighted by Gasteiger charge is -2.25. The van der Waals surface area contributed by atoms with Crippen LogP contribution in [0.4, 0.5) is 0 Å². The molecule has 3 aromatic rings. The Balaban J connectivity index is 1.54. The highest BCUT2D eigenvalue weighted by molar-refractivity contribution is 7.11. The molecular weight excluding hydrogens is 354 g/mol. The maximum Gasteiger partial charge on any atom is 0.0900 e. The molecule has 0 fully saturated rings. The van der Waals surface area contributed by atoms with E-state index in [0.717, 1.165) is 18.7 Å². The number of hydrogen-bond donors (Lipinski definition) is 1. The Hall–Kier alpha value is -1.98. The average Bonchev–Trinajstić information content (AvgIpc) is 3.08. The Labute approximate surface area is 165 Å². The van der Waals surface area contributed by atoms with Crippen LogP contribution in [0.5, 0.6) is 0 Å². The fraction of sp³-hybridized carbons (Fsp3) is 0.304. The van der Waals surface area contributed by atoms with E-state index >= 15 is 0 Å². The minimum absolute atomic E-state index is 0.337. The van der Waals surface area contributed by atoms with Gasteiger partial charge in [-0.05, 0) is 30.2 Å². The number of aliphatic hydroxyl groups is 1. The Morgan fingerprint density at radius 1 is 0.889 bits per heavy atom. The molecular formula is C23H27NO2S. The number of ether oxygens (including phenoxy) is 1. The highest BCUT2D eigenvalue weighted by atomic mass is 32.1. The summed E-state index contributed by atoms with van der Waals surface area (Å²) in [6, 6.07) is 24.8. The third-order valence-electron chi connectivity index (χ3n) is 4.32. The second-order valence-electron chi connectivity index (χ2n) is 6.82. The van der Waals surface area contributed by atoms with E-state index in [9.17, 15) is 5.11 Å². The summed E-state index contributed by atoms with van der Waals surface area (Å²) in [6.07, 6.45) is -0.515. The number of hydrogen-bond acceptors (Lipinski definition) is 4. The highest BCUT2D eigenvalue weighted by Gasteiger charge is 2.14. The van der Waals surface area contributed by atoms with Crippen molar-refractivity contribution in [2.75, 3.05) is 13.2 Å². The second kappa shape index (κ2) is 10.4. The minimum Gasteiger partial charge on any atom is -0.389 e. The lowest BCUT2D eigenvalue weighted by Crippen LogP contribution is -2.34. The third kappa shape index (κ3) is 6.92. The maximum absolute atomic E-state index is 10.5. The maximum atomic E-state index is 10.5. The van der Waals surface area contributed by atoms with Gasteiger partial charge in [-0.25, -0.2) is 0 Å². The van der Waals surface area contributed by atoms with Gasteiger partial charge in [0.15, 0.2) is 0 Å². The quantitative estimate of drug-likeness (QED) is 0.555. The standard InChI is InChI=1S/C23H27NO2S/c1-19-12-13-23(27-19)16-24(14-20-8-4-2-5-9-20)15-22(25)18-26-17-21-10-6-3-7-11-21/h2-13,22,25H,14-18H2,1H3. The van der Waals surface area contributed by atoms with Crippen LogP contribution in [0.1, 0.15) is 20.9 Å². The van der Waals surface area contributed by atoms with Gasteiger partial charge in [-0.15, -0.1) is 11.3 Å². The van der Waals surface area contributed by atoms with Crippen molar-refractivity contribution < 1.29 is 9.84 Å². The zero-order chi connectivity index (χ0) is 18.9. The molecule has 0 radical (unpaired) electrons. The Bertz CT molecular complexity index is 788. The SMILES string of the molecule is Cc1ccc(CN(Cc2ccccc2)CC(O)COCc2ccccc2)s1. The van der Waals surface area contributed by atoms with Crippen molar-refractivity contribution in [3.63, 3.8) is 0 Å². The normalized spacial score (nSPS) is 12.4. The number of nitrogens with zero attached hydrogens (tertiary/aromatic N) is 1. The van der Waals surface area contributed by atoms with Crippen molar-refractivity contribution in [3.8, 4) is 0 Å². The summed E-state index contributed by atoms with van der Waals surface area (Å²) in [6.45, 7) is 5.23. The molecule has 142 valence electrons. The third-order valence-corrected chi connectivity index (χ3v) is 5.30. The molecule has 1 unspecified atom stereocenters. The topological polar surface area (TPSA) is 32.7 Å². The van der Waals surface area contributed by atoms with Crippen molar-refractivity contribution in [1.29, 1.82) is 0 Å². The Morgan fingerprint density at radius 2 is 1.56 bits per heavy atom. The van der Waals surface area contributed by atoms with Gasteiger partial charge in [0.2, 0.25) is 0 Å². The second-order valence-corrected chi connectivity index (χ2v) is 8.19. The van der Waals surface area contributed by atoms with Gasteiger partial charge in [0.1, 0.15) is 0 Å². The fourth-order valence-corrected chi connectivity index (χ4v) is 3.99. The van der Waals surface area contributed by atoms with Gasteiger partial charge in [0.05, 0.1) is 19.3 Å². The van der Waals surface area contributed by atoms with Crippen LogP contribution in [0.25, 0.3) is 0 Å².